The number of aryl methyl sites for hydroxylation is 1. The Morgan fingerprint density at radius 1 is 1.03 bits per heavy atom. The summed E-state index contributed by atoms with van der Waals surface area (Å²) in [7, 11) is 1.60. The molecule has 0 radical (unpaired) electrons. The molecule has 1 aromatic heterocycles. The molecule has 0 unspecified atom stereocenters. The molecule has 0 aliphatic heterocycles. The highest BCUT2D eigenvalue weighted by molar-refractivity contribution is 7.14. The van der Waals surface area contributed by atoms with Gasteiger partial charge < -0.3 is 14.2 Å². The minimum Gasteiger partial charge on any atom is -0.494 e. The van der Waals surface area contributed by atoms with Crippen LogP contribution in [0.1, 0.15) is 36.5 Å². The molecule has 4 aromatic rings. The summed E-state index contributed by atoms with van der Waals surface area (Å²) < 4.78 is 17.2. The SMILES string of the molecule is CCCCOc1ccc(-c2csc(NC(=O)/C=C/c3ccc(OCc4ccccc4C)c(OC)c3)n2)cc1. The number of nitrogens with one attached hydrogen (secondary N) is 1. The largest absolute Gasteiger partial charge is 0.494 e. The van der Waals surface area contributed by atoms with Gasteiger partial charge in [0, 0.05) is 17.0 Å². The summed E-state index contributed by atoms with van der Waals surface area (Å²) in [6.07, 6.45) is 5.35. The number of anilines is 1. The number of aromatic nitrogens is 1. The zero-order valence-electron chi connectivity index (χ0n) is 21.9. The highest BCUT2D eigenvalue weighted by Gasteiger charge is 2.09. The third-order valence-corrected chi connectivity index (χ3v) is 6.67. The van der Waals surface area contributed by atoms with Crippen molar-refractivity contribution in [2.45, 2.75) is 33.3 Å². The summed E-state index contributed by atoms with van der Waals surface area (Å²) in [5, 5.41) is 5.29. The van der Waals surface area contributed by atoms with Gasteiger partial charge >= 0.3 is 0 Å². The predicted octanol–water partition coefficient (Wildman–Crippen LogP) is 7.54. The Bertz CT molecular complexity index is 1380. The molecule has 3 aromatic carbocycles. The molecule has 0 atom stereocenters. The van der Waals surface area contributed by atoms with Crippen LogP contribution in [-0.4, -0.2) is 24.6 Å². The summed E-state index contributed by atoms with van der Waals surface area (Å²) in [4.78, 5) is 17.1. The fraction of sp³-hybridized carbons (Fsp3) is 0.226. The number of carbonyl (C=O) groups is 1. The summed E-state index contributed by atoms with van der Waals surface area (Å²) >= 11 is 1.38. The number of hydrogen-bond acceptors (Lipinski definition) is 6. The van der Waals surface area contributed by atoms with Crippen LogP contribution in [0, 0.1) is 6.92 Å². The number of ether oxygens (including phenoxy) is 3. The van der Waals surface area contributed by atoms with Crippen LogP contribution < -0.4 is 19.5 Å². The van der Waals surface area contributed by atoms with Crippen molar-refractivity contribution in [3.63, 3.8) is 0 Å². The molecule has 1 N–H and O–H groups in total. The molecule has 6 nitrogen and oxygen atoms in total. The molecule has 1 heterocycles. The maximum Gasteiger partial charge on any atom is 0.250 e. The van der Waals surface area contributed by atoms with Crippen molar-refractivity contribution in [3.8, 4) is 28.5 Å². The van der Waals surface area contributed by atoms with Crippen molar-refractivity contribution < 1.29 is 19.0 Å². The van der Waals surface area contributed by atoms with Crippen molar-refractivity contribution >= 4 is 28.5 Å². The molecule has 38 heavy (non-hydrogen) atoms. The van der Waals surface area contributed by atoms with E-state index in [2.05, 4.69) is 30.2 Å². The molecule has 4 rings (SSSR count). The zero-order valence-corrected chi connectivity index (χ0v) is 22.7. The summed E-state index contributed by atoms with van der Waals surface area (Å²) in [6, 6.07) is 21.5. The van der Waals surface area contributed by atoms with Gasteiger partial charge in [0.15, 0.2) is 16.6 Å². The van der Waals surface area contributed by atoms with Crippen LogP contribution >= 0.6 is 11.3 Å². The lowest BCUT2D eigenvalue weighted by Gasteiger charge is -2.12. The van der Waals surface area contributed by atoms with Crippen LogP contribution in [0.5, 0.6) is 17.2 Å². The Balaban J connectivity index is 1.33. The minimum atomic E-state index is -0.260. The van der Waals surface area contributed by atoms with Crippen molar-refractivity contribution in [1.82, 2.24) is 4.98 Å². The maximum absolute atomic E-state index is 12.5. The summed E-state index contributed by atoms with van der Waals surface area (Å²) in [5.74, 6) is 1.84. The number of hydrogen-bond donors (Lipinski definition) is 1. The van der Waals surface area contributed by atoms with E-state index in [1.54, 1.807) is 13.2 Å². The highest BCUT2D eigenvalue weighted by atomic mass is 32.1. The van der Waals surface area contributed by atoms with Crippen LogP contribution in [0.25, 0.3) is 17.3 Å². The average Bonchev–Trinajstić information content (AvgIpc) is 3.40. The van der Waals surface area contributed by atoms with Gasteiger partial charge in [0.25, 0.3) is 0 Å². The number of methoxy groups -OCH3 is 1. The number of rotatable bonds is 12. The fourth-order valence-corrected chi connectivity index (χ4v) is 4.40. The van der Waals surface area contributed by atoms with E-state index in [-0.39, 0.29) is 5.91 Å². The van der Waals surface area contributed by atoms with E-state index in [9.17, 15) is 4.79 Å². The number of unbranched alkanes of at least 4 members (excludes halogenated alkanes) is 1. The Morgan fingerprint density at radius 2 is 1.84 bits per heavy atom. The van der Waals surface area contributed by atoms with Gasteiger partial charge in [0.05, 0.1) is 19.4 Å². The summed E-state index contributed by atoms with van der Waals surface area (Å²) in [6.45, 7) is 5.37. The molecule has 0 saturated carbocycles. The van der Waals surface area contributed by atoms with Crippen LogP contribution in [0.4, 0.5) is 5.13 Å². The van der Waals surface area contributed by atoms with Gasteiger partial charge in [-0.3, -0.25) is 10.1 Å². The molecular weight excluding hydrogens is 496 g/mol. The number of carbonyl (C=O) groups excluding carboxylic acids is 1. The third-order valence-electron chi connectivity index (χ3n) is 5.91. The van der Waals surface area contributed by atoms with Gasteiger partial charge in [0.1, 0.15) is 12.4 Å². The van der Waals surface area contributed by atoms with Gasteiger partial charge in [-0.15, -0.1) is 11.3 Å². The van der Waals surface area contributed by atoms with Crippen molar-refractivity contribution in [1.29, 1.82) is 0 Å². The van der Waals surface area contributed by atoms with Gasteiger partial charge in [-0.2, -0.15) is 0 Å². The van der Waals surface area contributed by atoms with E-state index in [4.69, 9.17) is 14.2 Å². The second-order valence-corrected chi connectivity index (χ2v) is 9.57. The van der Waals surface area contributed by atoms with E-state index in [1.165, 1.54) is 23.0 Å². The normalized spacial score (nSPS) is 10.9. The van der Waals surface area contributed by atoms with E-state index in [0.717, 1.165) is 47.6 Å². The molecule has 0 fully saturated rings. The first-order valence-electron chi connectivity index (χ1n) is 12.6. The van der Waals surface area contributed by atoms with E-state index in [0.29, 0.717) is 23.2 Å². The first kappa shape index (κ1) is 26.9. The first-order chi connectivity index (χ1) is 18.6. The lowest BCUT2D eigenvalue weighted by atomic mass is 10.1. The Kier molecular flexibility index (Phi) is 9.54. The Labute approximate surface area is 227 Å². The van der Waals surface area contributed by atoms with Crippen molar-refractivity contribution in [3.05, 3.63) is 94.9 Å². The predicted molar refractivity (Wildman–Crippen MR) is 154 cm³/mol. The molecule has 0 spiro atoms. The summed E-state index contributed by atoms with van der Waals surface area (Å²) in [5.41, 5.74) is 4.89. The van der Waals surface area contributed by atoms with Gasteiger partial charge in [-0.1, -0.05) is 43.7 Å². The van der Waals surface area contributed by atoms with Crippen LogP contribution in [0.2, 0.25) is 0 Å². The van der Waals surface area contributed by atoms with E-state index >= 15 is 0 Å². The number of nitrogens with zero attached hydrogens (tertiary/aromatic N) is 1. The van der Waals surface area contributed by atoms with Gasteiger partial charge in [-0.05, 0) is 72.5 Å². The second-order valence-electron chi connectivity index (χ2n) is 8.71. The Morgan fingerprint density at radius 3 is 2.61 bits per heavy atom. The van der Waals surface area contributed by atoms with Crippen LogP contribution in [0.3, 0.4) is 0 Å². The van der Waals surface area contributed by atoms with E-state index < -0.39 is 0 Å². The van der Waals surface area contributed by atoms with Crippen molar-refractivity contribution in [2.75, 3.05) is 19.0 Å². The fourth-order valence-electron chi connectivity index (χ4n) is 3.67. The molecule has 0 aliphatic rings. The molecule has 1 amide bonds. The monoisotopic (exact) mass is 528 g/mol. The lowest BCUT2D eigenvalue weighted by molar-refractivity contribution is -0.111. The van der Waals surface area contributed by atoms with Gasteiger partial charge in [-0.25, -0.2) is 4.98 Å². The minimum absolute atomic E-state index is 0.260. The second kappa shape index (κ2) is 13.4. The lowest BCUT2D eigenvalue weighted by Crippen LogP contribution is -2.07. The topological polar surface area (TPSA) is 69.7 Å². The molecule has 7 heteroatoms. The van der Waals surface area contributed by atoms with Crippen LogP contribution in [-0.2, 0) is 11.4 Å². The number of thiazole rings is 1. The molecule has 0 saturated heterocycles. The molecular formula is C31H32N2O4S. The first-order valence-corrected chi connectivity index (χ1v) is 13.5. The van der Waals surface area contributed by atoms with Crippen molar-refractivity contribution in [2.24, 2.45) is 0 Å². The Hall–Kier alpha value is -4.10. The highest BCUT2D eigenvalue weighted by Crippen LogP contribution is 2.30. The van der Waals surface area contributed by atoms with Gasteiger partial charge in [0.2, 0.25) is 5.91 Å². The third kappa shape index (κ3) is 7.46. The maximum atomic E-state index is 12.5. The molecule has 196 valence electrons. The quantitative estimate of drug-likeness (QED) is 0.152. The van der Waals surface area contributed by atoms with Crippen LogP contribution in [0.15, 0.2) is 78.2 Å². The zero-order chi connectivity index (χ0) is 26.7. The van der Waals surface area contributed by atoms with E-state index in [1.807, 2.05) is 66.0 Å². The molecule has 0 aliphatic carbocycles. The number of amides is 1. The smallest absolute Gasteiger partial charge is 0.250 e. The molecule has 0 bridgehead atoms. The standard InChI is InChI=1S/C31H32N2O4S/c1-4-5-18-36-26-14-12-24(13-15-26)27-21-38-31(32-27)33-30(34)17-11-23-10-16-28(29(19-23)35-3)37-20-25-9-7-6-8-22(25)2/h6-17,19,21H,4-5,18,20H2,1-3H3,(H,32,33,34)/b17-11+. The average molecular weight is 529 g/mol. The number of benzene rings is 3.